The molecule has 3 aromatic rings. The van der Waals surface area contributed by atoms with Crippen molar-refractivity contribution in [1.29, 1.82) is 0 Å². The van der Waals surface area contributed by atoms with Crippen LogP contribution in [0.5, 0.6) is 5.75 Å². The number of rotatable bonds is 4. The van der Waals surface area contributed by atoms with Crippen LogP contribution in [0.15, 0.2) is 60.0 Å². The highest BCUT2D eigenvalue weighted by atomic mass is 32.1. The van der Waals surface area contributed by atoms with Crippen LogP contribution in [0, 0.1) is 0 Å². The normalized spacial score (nSPS) is 17.7. The maximum Gasteiger partial charge on any atom is 0.261 e. The van der Waals surface area contributed by atoms with Gasteiger partial charge in [0.2, 0.25) is 5.91 Å². The number of thiophene rings is 1. The molecule has 2 aliphatic heterocycles. The highest BCUT2D eigenvalue weighted by Crippen LogP contribution is 2.37. The summed E-state index contributed by atoms with van der Waals surface area (Å²) in [6, 6.07) is 17.8. The van der Waals surface area contributed by atoms with Crippen molar-refractivity contribution in [1.82, 2.24) is 4.90 Å². The van der Waals surface area contributed by atoms with Gasteiger partial charge in [-0.2, -0.15) is 0 Å². The van der Waals surface area contributed by atoms with Crippen LogP contribution in [0.2, 0.25) is 0 Å². The molecule has 0 bridgehead atoms. The fraction of sp³-hybridized carbons (Fsp3) is 0.250. The Bertz CT molecular complexity index is 1090. The zero-order valence-electron chi connectivity index (χ0n) is 16.5. The number of ether oxygens (including phenoxy) is 1. The van der Waals surface area contributed by atoms with E-state index in [1.165, 1.54) is 10.4 Å². The van der Waals surface area contributed by atoms with Crippen molar-refractivity contribution < 1.29 is 14.3 Å². The number of aryl methyl sites for hydroxylation is 1. The van der Waals surface area contributed by atoms with Gasteiger partial charge in [-0.3, -0.25) is 9.59 Å². The van der Waals surface area contributed by atoms with Crippen molar-refractivity contribution >= 4 is 28.8 Å². The molecule has 30 heavy (non-hydrogen) atoms. The summed E-state index contributed by atoms with van der Waals surface area (Å²) in [6.45, 7) is 0.680. The van der Waals surface area contributed by atoms with Crippen molar-refractivity contribution in [3.63, 3.8) is 0 Å². The van der Waals surface area contributed by atoms with E-state index in [9.17, 15) is 9.59 Å². The molecule has 2 aliphatic rings. The second kappa shape index (κ2) is 7.95. The number of nitrogens with one attached hydrogen (secondary N) is 1. The Labute approximate surface area is 179 Å². The molecule has 1 N–H and O–H groups in total. The lowest BCUT2D eigenvalue weighted by Crippen LogP contribution is -2.42. The quantitative estimate of drug-likeness (QED) is 0.691. The van der Waals surface area contributed by atoms with E-state index in [1.807, 2.05) is 35.2 Å². The van der Waals surface area contributed by atoms with Crippen molar-refractivity contribution in [2.45, 2.75) is 25.3 Å². The minimum absolute atomic E-state index is 0.00600. The Morgan fingerprint density at radius 1 is 1.10 bits per heavy atom. The topological polar surface area (TPSA) is 58.6 Å². The van der Waals surface area contributed by atoms with Gasteiger partial charge in [-0.15, -0.1) is 11.3 Å². The number of fused-ring (bicyclic) bond motifs is 2. The van der Waals surface area contributed by atoms with E-state index < -0.39 is 0 Å². The van der Waals surface area contributed by atoms with Gasteiger partial charge >= 0.3 is 0 Å². The van der Waals surface area contributed by atoms with Crippen LogP contribution in [-0.2, 0) is 22.4 Å². The molecule has 0 unspecified atom stereocenters. The number of hydrogen-bond acceptors (Lipinski definition) is 4. The van der Waals surface area contributed by atoms with Crippen LogP contribution in [-0.4, -0.2) is 29.9 Å². The van der Waals surface area contributed by atoms with Gasteiger partial charge in [0, 0.05) is 23.5 Å². The van der Waals surface area contributed by atoms with Gasteiger partial charge in [0.1, 0.15) is 5.75 Å². The predicted molar refractivity (Wildman–Crippen MR) is 117 cm³/mol. The zero-order valence-corrected chi connectivity index (χ0v) is 17.3. The molecule has 152 valence electrons. The highest BCUT2D eigenvalue weighted by Gasteiger charge is 2.32. The standard InChI is InChI=1S/C24H22N2O3S/c27-22-9-6-17-14-18(7-8-20(17)25-22)29-15-23(28)26-12-10-21-19(11-13-30-21)24(26)16-4-2-1-3-5-16/h1-5,7-8,11,13-14,24H,6,9-10,12,15H2,(H,25,27)/t24-/m0/s1. The number of carbonyl (C=O) groups is 2. The van der Waals surface area contributed by atoms with Gasteiger partial charge in [0.15, 0.2) is 6.61 Å². The lowest BCUT2D eigenvalue weighted by Gasteiger charge is -2.36. The van der Waals surface area contributed by atoms with Gasteiger partial charge in [-0.25, -0.2) is 0 Å². The van der Waals surface area contributed by atoms with Crippen molar-refractivity contribution in [3.8, 4) is 5.75 Å². The maximum absolute atomic E-state index is 13.2. The molecule has 1 atom stereocenters. The second-order valence-electron chi connectivity index (χ2n) is 7.61. The fourth-order valence-corrected chi connectivity index (χ4v) is 5.16. The number of benzene rings is 2. The van der Waals surface area contributed by atoms with Gasteiger partial charge in [0.05, 0.1) is 6.04 Å². The summed E-state index contributed by atoms with van der Waals surface area (Å²) in [7, 11) is 0. The molecule has 0 spiro atoms. The number of nitrogens with zero attached hydrogens (tertiary/aromatic N) is 1. The average Bonchev–Trinajstić information content (AvgIpc) is 3.26. The minimum atomic E-state index is -0.0731. The summed E-state index contributed by atoms with van der Waals surface area (Å²) in [6.07, 6.45) is 2.04. The van der Waals surface area contributed by atoms with Gasteiger partial charge in [-0.05, 0) is 59.2 Å². The van der Waals surface area contributed by atoms with Crippen LogP contribution in [0.3, 0.4) is 0 Å². The minimum Gasteiger partial charge on any atom is -0.484 e. The lowest BCUT2D eigenvalue weighted by molar-refractivity contribution is -0.135. The highest BCUT2D eigenvalue weighted by molar-refractivity contribution is 7.10. The molecule has 0 saturated carbocycles. The summed E-state index contributed by atoms with van der Waals surface area (Å²) in [5, 5.41) is 4.97. The third kappa shape index (κ3) is 3.59. The summed E-state index contributed by atoms with van der Waals surface area (Å²) < 4.78 is 5.87. The summed E-state index contributed by atoms with van der Waals surface area (Å²) in [5.41, 5.74) is 4.21. The Hall–Kier alpha value is -3.12. The Morgan fingerprint density at radius 2 is 1.97 bits per heavy atom. The first-order valence-electron chi connectivity index (χ1n) is 10.2. The van der Waals surface area contributed by atoms with E-state index in [1.54, 1.807) is 17.4 Å². The van der Waals surface area contributed by atoms with E-state index in [0.717, 1.165) is 23.2 Å². The van der Waals surface area contributed by atoms with Crippen LogP contribution in [0.4, 0.5) is 5.69 Å². The Kier molecular flexibility index (Phi) is 5.01. The van der Waals surface area contributed by atoms with Crippen molar-refractivity contribution in [2.24, 2.45) is 0 Å². The fourth-order valence-electron chi connectivity index (χ4n) is 4.26. The third-order valence-electron chi connectivity index (χ3n) is 5.74. The molecule has 2 aromatic carbocycles. The number of carbonyl (C=O) groups excluding carboxylic acids is 2. The third-order valence-corrected chi connectivity index (χ3v) is 6.73. The first kappa shape index (κ1) is 18.9. The second-order valence-corrected chi connectivity index (χ2v) is 8.61. The Balaban J connectivity index is 1.34. The number of anilines is 1. The molecule has 1 aromatic heterocycles. The van der Waals surface area contributed by atoms with Crippen LogP contribution in [0.25, 0.3) is 0 Å². The van der Waals surface area contributed by atoms with Crippen LogP contribution in [0.1, 0.15) is 34.0 Å². The molecule has 0 saturated heterocycles. The molecular formula is C24H22N2O3S. The molecule has 5 nitrogen and oxygen atoms in total. The van der Waals surface area contributed by atoms with Gasteiger partial charge < -0.3 is 15.0 Å². The maximum atomic E-state index is 13.2. The lowest BCUT2D eigenvalue weighted by atomic mass is 9.93. The SMILES string of the molecule is O=C1CCc2cc(OCC(=O)N3CCc4sccc4[C@@H]3c3ccccc3)ccc2N1. The van der Waals surface area contributed by atoms with E-state index in [4.69, 9.17) is 4.74 Å². The summed E-state index contributed by atoms with van der Waals surface area (Å²) in [4.78, 5) is 28.0. The smallest absolute Gasteiger partial charge is 0.261 e. The molecule has 3 heterocycles. The first-order chi connectivity index (χ1) is 14.7. The van der Waals surface area contributed by atoms with Crippen molar-refractivity contribution in [2.75, 3.05) is 18.5 Å². The first-order valence-corrected chi connectivity index (χ1v) is 11.0. The van der Waals surface area contributed by atoms with Gasteiger partial charge in [-0.1, -0.05) is 30.3 Å². The average molecular weight is 419 g/mol. The van der Waals surface area contributed by atoms with Gasteiger partial charge in [0.25, 0.3) is 5.91 Å². The number of amides is 2. The van der Waals surface area contributed by atoms with Crippen LogP contribution < -0.4 is 10.1 Å². The van der Waals surface area contributed by atoms with E-state index in [0.29, 0.717) is 25.1 Å². The van der Waals surface area contributed by atoms with E-state index in [-0.39, 0.29) is 24.5 Å². The molecule has 0 aliphatic carbocycles. The molecule has 0 fully saturated rings. The molecule has 5 rings (SSSR count). The van der Waals surface area contributed by atoms with Crippen molar-refractivity contribution in [3.05, 3.63) is 81.5 Å². The largest absolute Gasteiger partial charge is 0.484 e. The van der Waals surface area contributed by atoms with Crippen LogP contribution >= 0.6 is 11.3 Å². The molecular weight excluding hydrogens is 396 g/mol. The summed E-state index contributed by atoms with van der Waals surface area (Å²) in [5.74, 6) is 0.672. The monoisotopic (exact) mass is 418 g/mol. The van der Waals surface area contributed by atoms with E-state index >= 15 is 0 Å². The molecule has 0 radical (unpaired) electrons. The summed E-state index contributed by atoms with van der Waals surface area (Å²) >= 11 is 1.76. The zero-order chi connectivity index (χ0) is 20.5. The van der Waals surface area contributed by atoms with E-state index in [2.05, 4.69) is 28.9 Å². The number of hydrogen-bond donors (Lipinski definition) is 1. The Morgan fingerprint density at radius 3 is 2.83 bits per heavy atom. The predicted octanol–water partition coefficient (Wildman–Crippen LogP) is 4.19. The molecule has 2 amide bonds. The molecule has 6 heteroatoms.